The van der Waals surface area contributed by atoms with Crippen LogP contribution in [-0.2, 0) is 4.79 Å². The Labute approximate surface area is 62.4 Å². The third kappa shape index (κ3) is 52.0. The SMILES string of the molecule is CC(C)C.CNCC(=O)O. The molecule has 0 aromatic heterocycles. The van der Waals surface area contributed by atoms with Crippen LogP contribution in [0.5, 0.6) is 0 Å². The Morgan fingerprint density at radius 3 is 1.80 bits per heavy atom. The summed E-state index contributed by atoms with van der Waals surface area (Å²) in [4.78, 5) is 9.54. The van der Waals surface area contributed by atoms with Crippen LogP contribution in [0.1, 0.15) is 20.8 Å². The van der Waals surface area contributed by atoms with E-state index in [9.17, 15) is 4.79 Å². The monoisotopic (exact) mass is 147 g/mol. The number of hydrogen-bond acceptors (Lipinski definition) is 2. The highest BCUT2D eigenvalue weighted by molar-refractivity contribution is 5.68. The van der Waals surface area contributed by atoms with E-state index in [2.05, 4.69) is 26.1 Å². The average molecular weight is 147 g/mol. The van der Waals surface area contributed by atoms with Crippen LogP contribution in [0.4, 0.5) is 0 Å². The van der Waals surface area contributed by atoms with Crippen LogP contribution in [-0.4, -0.2) is 24.7 Å². The summed E-state index contributed by atoms with van der Waals surface area (Å²) in [6.45, 7) is 6.54. The van der Waals surface area contributed by atoms with E-state index in [0.29, 0.717) is 0 Å². The van der Waals surface area contributed by atoms with Gasteiger partial charge >= 0.3 is 5.97 Å². The predicted molar refractivity (Wildman–Crippen MR) is 42.1 cm³/mol. The Kier molecular flexibility index (Phi) is 10.2. The summed E-state index contributed by atoms with van der Waals surface area (Å²) in [6.07, 6.45) is 0. The van der Waals surface area contributed by atoms with Gasteiger partial charge in [0.05, 0.1) is 6.54 Å². The summed E-state index contributed by atoms with van der Waals surface area (Å²) in [5.41, 5.74) is 0. The zero-order chi connectivity index (χ0) is 8.57. The van der Waals surface area contributed by atoms with E-state index < -0.39 is 5.97 Å². The lowest BCUT2D eigenvalue weighted by Gasteiger charge is -1.84. The van der Waals surface area contributed by atoms with Gasteiger partial charge in [0, 0.05) is 0 Å². The van der Waals surface area contributed by atoms with Crippen molar-refractivity contribution in [3.8, 4) is 0 Å². The number of carboxylic acid groups (broad SMARTS) is 1. The molecule has 0 fully saturated rings. The average Bonchev–Trinajstić information content (AvgIpc) is 1.62. The second kappa shape index (κ2) is 8.43. The van der Waals surface area contributed by atoms with Gasteiger partial charge in [0.2, 0.25) is 0 Å². The quantitative estimate of drug-likeness (QED) is 0.611. The number of nitrogens with one attached hydrogen (secondary N) is 1. The topological polar surface area (TPSA) is 49.3 Å². The maximum atomic E-state index is 9.54. The van der Waals surface area contributed by atoms with Crippen molar-refractivity contribution in [3.63, 3.8) is 0 Å². The van der Waals surface area contributed by atoms with Crippen molar-refractivity contribution in [2.24, 2.45) is 5.92 Å². The minimum absolute atomic E-state index is 0.0417. The molecule has 0 unspecified atom stereocenters. The highest BCUT2D eigenvalue weighted by Crippen LogP contribution is 1.81. The number of carboxylic acids is 1. The molecular formula is C7H17NO2. The summed E-state index contributed by atoms with van der Waals surface area (Å²) < 4.78 is 0. The van der Waals surface area contributed by atoms with Crippen LogP contribution in [0.15, 0.2) is 0 Å². The fraction of sp³-hybridized carbons (Fsp3) is 0.857. The molecule has 10 heavy (non-hydrogen) atoms. The molecule has 0 heterocycles. The Balaban J connectivity index is 0. The van der Waals surface area contributed by atoms with Gasteiger partial charge < -0.3 is 10.4 Å². The zero-order valence-electron chi connectivity index (χ0n) is 7.14. The molecule has 0 spiro atoms. The molecule has 0 saturated carbocycles. The van der Waals surface area contributed by atoms with Crippen LogP contribution in [0, 0.1) is 5.92 Å². The van der Waals surface area contributed by atoms with E-state index in [1.54, 1.807) is 7.05 Å². The van der Waals surface area contributed by atoms with E-state index >= 15 is 0 Å². The Morgan fingerprint density at radius 2 is 1.80 bits per heavy atom. The first-order valence-electron chi connectivity index (χ1n) is 3.37. The molecule has 3 nitrogen and oxygen atoms in total. The van der Waals surface area contributed by atoms with Crippen molar-refractivity contribution < 1.29 is 9.90 Å². The number of aliphatic carboxylic acids is 1. The van der Waals surface area contributed by atoms with Gasteiger partial charge in [0.25, 0.3) is 0 Å². The fourth-order valence-electron chi connectivity index (χ4n) is 0.151. The molecule has 0 aromatic carbocycles. The van der Waals surface area contributed by atoms with Crippen LogP contribution >= 0.6 is 0 Å². The van der Waals surface area contributed by atoms with Crippen molar-refractivity contribution in [1.82, 2.24) is 5.32 Å². The Hall–Kier alpha value is -0.570. The molecule has 0 atom stereocenters. The lowest BCUT2D eigenvalue weighted by molar-refractivity contribution is -0.135. The molecule has 0 saturated heterocycles. The van der Waals surface area contributed by atoms with E-state index in [0.717, 1.165) is 5.92 Å². The minimum Gasteiger partial charge on any atom is -0.480 e. The maximum absolute atomic E-state index is 9.54. The first-order chi connectivity index (χ1) is 4.50. The van der Waals surface area contributed by atoms with E-state index in [1.165, 1.54) is 0 Å². The van der Waals surface area contributed by atoms with Gasteiger partial charge in [0.15, 0.2) is 0 Å². The molecule has 0 rings (SSSR count). The molecular weight excluding hydrogens is 130 g/mol. The lowest BCUT2D eigenvalue weighted by Crippen LogP contribution is -2.16. The van der Waals surface area contributed by atoms with Gasteiger partial charge in [-0.1, -0.05) is 20.8 Å². The molecule has 0 bridgehead atoms. The third-order valence-electron chi connectivity index (χ3n) is 0.328. The Bertz CT molecular complexity index is 78.9. The second-order valence-corrected chi connectivity index (χ2v) is 2.66. The van der Waals surface area contributed by atoms with Gasteiger partial charge in [-0.3, -0.25) is 4.79 Å². The summed E-state index contributed by atoms with van der Waals surface area (Å²) >= 11 is 0. The van der Waals surface area contributed by atoms with E-state index in [1.807, 2.05) is 0 Å². The number of likely N-dealkylation sites (N-methyl/N-ethyl adjacent to an activating group) is 1. The van der Waals surface area contributed by atoms with Gasteiger partial charge in [0.1, 0.15) is 0 Å². The van der Waals surface area contributed by atoms with Gasteiger partial charge in [-0.25, -0.2) is 0 Å². The number of rotatable bonds is 2. The smallest absolute Gasteiger partial charge is 0.317 e. The van der Waals surface area contributed by atoms with Gasteiger partial charge in [-0.2, -0.15) is 0 Å². The molecule has 0 aliphatic heterocycles. The first-order valence-corrected chi connectivity index (χ1v) is 3.37. The van der Waals surface area contributed by atoms with Crippen molar-refractivity contribution in [2.75, 3.05) is 13.6 Å². The van der Waals surface area contributed by atoms with Crippen LogP contribution < -0.4 is 5.32 Å². The molecule has 3 heteroatoms. The largest absolute Gasteiger partial charge is 0.480 e. The van der Waals surface area contributed by atoms with Crippen LogP contribution in [0.25, 0.3) is 0 Å². The summed E-state index contributed by atoms with van der Waals surface area (Å²) in [6, 6.07) is 0. The van der Waals surface area contributed by atoms with Crippen molar-refractivity contribution in [2.45, 2.75) is 20.8 Å². The van der Waals surface area contributed by atoms with Gasteiger partial charge in [-0.05, 0) is 13.0 Å². The molecule has 2 N–H and O–H groups in total. The number of hydrogen-bond donors (Lipinski definition) is 2. The van der Waals surface area contributed by atoms with E-state index in [-0.39, 0.29) is 6.54 Å². The summed E-state index contributed by atoms with van der Waals surface area (Å²) in [5.74, 6) is 0.0116. The Morgan fingerprint density at radius 1 is 1.50 bits per heavy atom. The molecule has 0 aliphatic rings. The second-order valence-electron chi connectivity index (χ2n) is 2.66. The van der Waals surface area contributed by atoms with Crippen molar-refractivity contribution >= 4 is 5.97 Å². The third-order valence-corrected chi connectivity index (χ3v) is 0.328. The van der Waals surface area contributed by atoms with Crippen molar-refractivity contribution in [3.05, 3.63) is 0 Å². The molecule has 0 aromatic rings. The van der Waals surface area contributed by atoms with Crippen LogP contribution in [0.3, 0.4) is 0 Å². The highest BCUT2D eigenvalue weighted by atomic mass is 16.4. The molecule has 0 amide bonds. The van der Waals surface area contributed by atoms with Crippen molar-refractivity contribution in [1.29, 1.82) is 0 Å². The minimum atomic E-state index is -0.822. The summed E-state index contributed by atoms with van der Waals surface area (Å²) in [5, 5.41) is 10.3. The summed E-state index contributed by atoms with van der Waals surface area (Å²) in [7, 11) is 1.59. The molecule has 62 valence electrons. The first kappa shape index (κ1) is 12.1. The molecule has 0 radical (unpaired) electrons. The normalized spacial score (nSPS) is 8.50. The number of carbonyl (C=O) groups is 1. The van der Waals surface area contributed by atoms with Crippen LogP contribution in [0.2, 0.25) is 0 Å². The highest BCUT2D eigenvalue weighted by Gasteiger charge is 1.86. The zero-order valence-corrected chi connectivity index (χ0v) is 7.14. The lowest BCUT2D eigenvalue weighted by atomic mass is 10.3. The van der Waals surface area contributed by atoms with E-state index in [4.69, 9.17) is 5.11 Å². The maximum Gasteiger partial charge on any atom is 0.317 e. The predicted octanol–water partition coefficient (Wildman–Crippen LogP) is 0.953. The fourth-order valence-corrected chi connectivity index (χ4v) is 0.151. The molecule has 0 aliphatic carbocycles. The van der Waals surface area contributed by atoms with Gasteiger partial charge in [-0.15, -0.1) is 0 Å². The standard InChI is InChI=1S/C4H10.C3H7NO2/c1-4(2)3;1-4-2-3(5)6/h4H,1-3H3;4H,2H2,1H3,(H,5,6).